The fourth-order valence-electron chi connectivity index (χ4n) is 0.946. The van der Waals surface area contributed by atoms with Gasteiger partial charge in [-0.25, -0.2) is 13.4 Å². The molecule has 0 atom stereocenters. The van der Waals surface area contributed by atoms with Gasteiger partial charge in [0.2, 0.25) is 0 Å². The van der Waals surface area contributed by atoms with Crippen molar-refractivity contribution in [2.75, 3.05) is 13.2 Å². The van der Waals surface area contributed by atoms with Crippen molar-refractivity contribution in [3.63, 3.8) is 0 Å². The Balaban J connectivity index is 2.41. The van der Waals surface area contributed by atoms with E-state index in [1.165, 1.54) is 4.57 Å². The predicted octanol–water partition coefficient (Wildman–Crippen LogP) is 1.39. The molecule has 0 saturated carbocycles. The third-order valence-electron chi connectivity index (χ3n) is 1.62. The molecule has 0 aromatic carbocycles. The summed E-state index contributed by atoms with van der Waals surface area (Å²) >= 11 is 0. The third-order valence-corrected chi connectivity index (χ3v) is 2.80. The maximum absolute atomic E-state index is 11.7. The monoisotopic (exact) mass is 292 g/mol. The molecule has 0 aliphatic heterocycles. The fraction of sp³-hybridized carbons (Fsp3) is 0.571. The Bertz CT molecular complexity index is 471. The summed E-state index contributed by atoms with van der Waals surface area (Å²) in [6.07, 6.45) is -2.12. The number of hydrogen-bond acceptors (Lipinski definition) is 4. The Morgan fingerprint density at radius 1 is 1.47 bits per heavy atom. The summed E-state index contributed by atoms with van der Waals surface area (Å²) in [5.74, 6) is 0. The van der Waals surface area contributed by atoms with Crippen molar-refractivity contribution in [2.24, 2.45) is 0 Å². The SMILES string of the molecule is O=S(=O)(Cl)c1cn(CCOCC(F)(F)F)cn1. The molecule has 1 rings (SSSR count). The Morgan fingerprint density at radius 3 is 2.59 bits per heavy atom. The first-order chi connectivity index (χ1) is 7.68. The zero-order valence-electron chi connectivity index (χ0n) is 8.32. The normalized spacial score (nSPS) is 12.9. The van der Waals surface area contributed by atoms with Gasteiger partial charge in [0.05, 0.1) is 12.9 Å². The van der Waals surface area contributed by atoms with Crippen molar-refractivity contribution in [1.82, 2.24) is 9.55 Å². The van der Waals surface area contributed by atoms with E-state index in [1.54, 1.807) is 0 Å². The van der Waals surface area contributed by atoms with Crippen LogP contribution in [0.4, 0.5) is 13.2 Å². The van der Waals surface area contributed by atoms with Gasteiger partial charge < -0.3 is 9.30 Å². The van der Waals surface area contributed by atoms with E-state index in [2.05, 4.69) is 9.72 Å². The Morgan fingerprint density at radius 2 is 2.12 bits per heavy atom. The molecule has 0 unspecified atom stereocenters. The summed E-state index contributed by atoms with van der Waals surface area (Å²) in [6, 6.07) is 0. The molecule has 17 heavy (non-hydrogen) atoms. The minimum Gasteiger partial charge on any atom is -0.370 e. The first-order valence-electron chi connectivity index (χ1n) is 4.29. The molecule has 5 nitrogen and oxygen atoms in total. The van der Waals surface area contributed by atoms with Gasteiger partial charge in [-0.2, -0.15) is 13.2 Å². The molecule has 0 amide bonds. The van der Waals surface area contributed by atoms with Crippen LogP contribution in [0.3, 0.4) is 0 Å². The minimum absolute atomic E-state index is 0.0511. The van der Waals surface area contributed by atoms with E-state index in [9.17, 15) is 21.6 Å². The number of halogens is 4. The minimum atomic E-state index is -4.38. The van der Waals surface area contributed by atoms with Crippen LogP contribution in [-0.2, 0) is 20.3 Å². The van der Waals surface area contributed by atoms with Gasteiger partial charge in [-0.05, 0) is 0 Å². The molecular formula is C7H8ClF3N2O3S. The molecule has 1 heterocycles. The van der Waals surface area contributed by atoms with Gasteiger partial charge in [0.1, 0.15) is 6.61 Å². The lowest BCUT2D eigenvalue weighted by atomic mass is 10.6. The highest BCUT2D eigenvalue weighted by Gasteiger charge is 2.27. The second-order valence-corrected chi connectivity index (χ2v) is 5.57. The highest BCUT2D eigenvalue weighted by Crippen LogP contribution is 2.14. The van der Waals surface area contributed by atoms with Crippen LogP contribution in [-0.4, -0.2) is 37.4 Å². The zero-order valence-corrected chi connectivity index (χ0v) is 9.89. The molecule has 0 saturated heterocycles. The predicted molar refractivity (Wildman–Crippen MR) is 52.1 cm³/mol. The number of ether oxygens (including phenoxy) is 1. The molecule has 0 radical (unpaired) electrons. The molecule has 1 aromatic heterocycles. The lowest BCUT2D eigenvalue weighted by molar-refractivity contribution is -0.174. The van der Waals surface area contributed by atoms with Gasteiger partial charge in [-0.15, -0.1) is 0 Å². The number of hydrogen-bond donors (Lipinski definition) is 0. The number of alkyl halides is 3. The Labute approximate surface area is 99.6 Å². The Hall–Kier alpha value is -0.800. The summed E-state index contributed by atoms with van der Waals surface area (Å²) < 4.78 is 62.3. The van der Waals surface area contributed by atoms with Crippen LogP contribution in [0.25, 0.3) is 0 Å². The van der Waals surface area contributed by atoms with Gasteiger partial charge in [-0.1, -0.05) is 0 Å². The Kier molecular flexibility index (Phi) is 4.39. The van der Waals surface area contributed by atoms with Crippen LogP contribution in [0, 0.1) is 0 Å². The van der Waals surface area contributed by atoms with Crippen molar-refractivity contribution in [1.29, 1.82) is 0 Å². The number of rotatable bonds is 5. The topological polar surface area (TPSA) is 61.2 Å². The fourth-order valence-corrected chi connectivity index (χ4v) is 1.62. The van der Waals surface area contributed by atoms with Gasteiger partial charge in [0.25, 0.3) is 9.05 Å². The van der Waals surface area contributed by atoms with Crippen molar-refractivity contribution < 1.29 is 26.3 Å². The summed E-state index contributed by atoms with van der Waals surface area (Å²) in [5, 5.41) is -0.352. The van der Waals surface area contributed by atoms with Crippen molar-refractivity contribution in [3.8, 4) is 0 Å². The summed E-state index contributed by atoms with van der Waals surface area (Å²) in [5.41, 5.74) is 0. The molecule has 98 valence electrons. The lowest BCUT2D eigenvalue weighted by Crippen LogP contribution is -2.18. The number of aromatic nitrogens is 2. The molecule has 0 fully saturated rings. The highest BCUT2D eigenvalue weighted by atomic mass is 35.7. The van der Waals surface area contributed by atoms with Crippen molar-refractivity contribution in [3.05, 3.63) is 12.5 Å². The molecule has 0 spiro atoms. The average molecular weight is 293 g/mol. The van der Waals surface area contributed by atoms with Gasteiger partial charge in [0, 0.05) is 23.4 Å². The third kappa shape index (κ3) is 5.37. The van der Waals surface area contributed by atoms with Gasteiger partial charge in [-0.3, -0.25) is 0 Å². The molecule has 0 aliphatic carbocycles. The number of imidazole rings is 1. The maximum Gasteiger partial charge on any atom is 0.411 e. The van der Waals surface area contributed by atoms with Crippen LogP contribution in [0.15, 0.2) is 17.6 Å². The van der Waals surface area contributed by atoms with E-state index < -0.39 is 21.8 Å². The van der Waals surface area contributed by atoms with E-state index in [-0.39, 0.29) is 18.2 Å². The van der Waals surface area contributed by atoms with E-state index in [1.807, 2.05) is 0 Å². The summed E-state index contributed by atoms with van der Waals surface area (Å²) in [6.45, 7) is -1.50. The average Bonchev–Trinajstić information content (AvgIpc) is 2.58. The van der Waals surface area contributed by atoms with E-state index >= 15 is 0 Å². The molecule has 0 aliphatic rings. The van der Waals surface area contributed by atoms with Crippen molar-refractivity contribution >= 4 is 19.7 Å². The summed E-state index contributed by atoms with van der Waals surface area (Å²) in [4.78, 5) is 3.48. The van der Waals surface area contributed by atoms with Crippen LogP contribution in [0.2, 0.25) is 0 Å². The summed E-state index contributed by atoms with van der Waals surface area (Å²) in [7, 11) is 1.09. The molecule has 1 aromatic rings. The second kappa shape index (κ2) is 5.23. The van der Waals surface area contributed by atoms with Crippen LogP contribution in [0.5, 0.6) is 0 Å². The first kappa shape index (κ1) is 14.3. The lowest BCUT2D eigenvalue weighted by Gasteiger charge is -2.07. The van der Waals surface area contributed by atoms with E-state index in [0.717, 1.165) is 12.5 Å². The first-order valence-corrected chi connectivity index (χ1v) is 6.60. The van der Waals surface area contributed by atoms with Gasteiger partial charge in [0.15, 0.2) is 5.03 Å². The van der Waals surface area contributed by atoms with E-state index in [4.69, 9.17) is 10.7 Å². The van der Waals surface area contributed by atoms with Gasteiger partial charge >= 0.3 is 6.18 Å². The second-order valence-electron chi connectivity index (χ2n) is 3.06. The standard InChI is InChI=1S/C7H8ClF3N2O3S/c8-17(14,15)6-3-13(5-12-6)1-2-16-4-7(9,10)11/h3,5H,1-2,4H2. The largest absolute Gasteiger partial charge is 0.411 e. The molecular weight excluding hydrogens is 285 g/mol. The molecule has 0 N–H and O–H groups in total. The van der Waals surface area contributed by atoms with Crippen molar-refractivity contribution in [2.45, 2.75) is 17.7 Å². The van der Waals surface area contributed by atoms with Crippen LogP contribution < -0.4 is 0 Å². The highest BCUT2D eigenvalue weighted by molar-refractivity contribution is 8.13. The maximum atomic E-state index is 11.7. The van der Waals surface area contributed by atoms with E-state index in [0.29, 0.717) is 0 Å². The number of nitrogens with zero attached hydrogens (tertiary/aromatic N) is 2. The molecule has 0 bridgehead atoms. The molecule has 10 heteroatoms. The van der Waals surface area contributed by atoms with Crippen LogP contribution in [0.1, 0.15) is 0 Å². The quantitative estimate of drug-likeness (QED) is 0.608. The van der Waals surface area contributed by atoms with Crippen LogP contribution >= 0.6 is 10.7 Å². The smallest absolute Gasteiger partial charge is 0.370 e. The zero-order chi connectivity index (χ0) is 13.1.